The van der Waals surface area contributed by atoms with Crippen LogP contribution >= 0.6 is 11.3 Å². The highest BCUT2D eigenvalue weighted by Crippen LogP contribution is 2.29. The maximum atomic E-state index is 13.7. The summed E-state index contributed by atoms with van der Waals surface area (Å²) in [5.74, 6) is -0.460. The van der Waals surface area contributed by atoms with Gasteiger partial charge in [0.15, 0.2) is 0 Å². The van der Waals surface area contributed by atoms with E-state index in [9.17, 15) is 14.4 Å². The van der Waals surface area contributed by atoms with Gasteiger partial charge >= 0.3 is 0 Å². The Morgan fingerprint density at radius 1 is 1.07 bits per heavy atom. The van der Waals surface area contributed by atoms with Crippen LogP contribution in [0.2, 0.25) is 0 Å². The number of rotatable bonds is 12. The number of nitrogens with one attached hydrogen (secondary N) is 3. The molecule has 1 aromatic heterocycles. The molecule has 3 rings (SSSR count). The molecule has 3 atom stereocenters. The van der Waals surface area contributed by atoms with Gasteiger partial charge in [0.1, 0.15) is 12.1 Å². The highest BCUT2D eigenvalue weighted by atomic mass is 32.1. The number of aryl methyl sites for hydroxylation is 1. The second-order valence-electron chi connectivity index (χ2n) is 12.2. The average molecular weight is 570 g/mol. The molecular formula is C31H47N5O3S. The lowest BCUT2D eigenvalue weighted by Crippen LogP contribution is -2.57. The van der Waals surface area contributed by atoms with Gasteiger partial charge in [0.05, 0.1) is 22.1 Å². The minimum Gasteiger partial charge on any atom is -0.348 e. The Labute approximate surface area is 243 Å². The fourth-order valence-corrected chi connectivity index (χ4v) is 5.86. The Balaban J connectivity index is 1.60. The molecule has 220 valence electrons. The Hall–Kier alpha value is -2.78. The number of carbonyl (C=O) groups excluding carboxylic acids is 3. The van der Waals surface area contributed by atoms with Crippen molar-refractivity contribution in [1.82, 2.24) is 25.8 Å². The van der Waals surface area contributed by atoms with Crippen LogP contribution in [0.5, 0.6) is 0 Å². The number of carbonyl (C=O) groups is 3. The molecule has 0 spiro atoms. The zero-order valence-corrected chi connectivity index (χ0v) is 26.0. The average Bonchev–Trinajstić information content (AvgIpc) is 3.55. The maximum Gasteiger partial charge on any atom is 0.246 e. The number of thiazole rings is 1. The Morgan fingerprint density at radius 2 is 1.77 bits per heavy atom. The van der Waals surface area contributed by atoms with Crippen LogP contribution in [0.4, 0.5) is 0 Å². The van der Waals surface area contributed by atoms with E-state index in [2.05, 4.69) is 46.9 Å². The molecule has 1 fully saturated rings. The van der Waals surface area contributed by atoms with Crippen LogP contribution in [0.25, 0.3) is 10.4 Å². The molecule has 1 aliphatic heterocycles. The first-order valence-corrected chi connectivity index (χ1v) is 15.4. The summed E-state index contributed by atoms with van der Waals surface area (Å²) in [5.41, 5.74) is 4.48. The second kappa shape index (κ2) is 14.2. The molecule has 2 heterocycles. The Morgan fingerprint density at radius 3 is 2.38 bits per heavy atom. The zero-order valence-electron chi connectivity index (χ0n) is 25.2. The van der Waals surface area contributed by atoms with Crippen molar-refractivity contribution in [3.8, 4) is 10.4 Å². The molecule has 8 nitrogen and oxygen atoms in total. The molecule has 0 saturated carbocycles. The van der Waals surface area contributed by atoms with Crippen LogP contribution in [0.1, 0.15) is 90.9 Å². The van der Waals surface area contributed by atoms with Gasteiger partial charge in [-0.1, -0.05) is 58.9 Å². The summed E-state index contributed by atoms with van der Waals surface area (Å²) in [6.45, 7) is 15.4. The molecule has 3 amide bonds. The third-order valence-electron chi connectivity index (χ3n) is 7.42. The van der Waals surface area contributed by atoms with Crippen LogP contribution in [-0.2, 0) is 14.4 Å². The number of amides is 3. The van der Waals surface area contributed by atoms with Gasteiger partial charge in [0.2, 0.25) is 17.7 Å². The summed E-state index contributed by atoms with van der Waals surface area (Å²) in [4.78, 5) is 47.0. The lowest BCUT2D eigenvalue weighted by atomic mass is 9.85. The van der Waals surface area contributed by atoms with Gasteiger partial charge < -0.3 is 20.9 Å². The van der Waals surface area contributed by atoms with Crippen molar-refractivity contribution in [3.05, 3.63) is 41.0 Å². The van der Waals surface area contributed by atoms with Crippen molar-refractivity contribution in [2.24, 2.45) is 5.41 Å². The summed E-state index contributed by atoms with van der Waals surface area (Å²) < 4.78 is 0. The van der Waals surface area contributed by atoms with Crippen LogP contribution < -0.4 is 16.0 Å². The zero-order chi connectivity index (χ0) is 29.4. The first kappa shape index (κ1) is 31.7. The van der Waals surface area contributed by atoms with Crippen LogP contribution in [0.15, 0.2) is 29.8 Å². The van der Waals surface area contributed by atoms with Gasteiger partial charge in [-0.25, -0.2) is 4.98 Å². The minimum absolute atomic E-state index is 0.122. The molecule has 9 heteroatoms. The lowest BCUT2D eigenvalue weighted by Gasteiger charge is -2.35. The largest absolute Gasteiger partial charge is 0.348 e. The third kappa shape index (κ3) is 8.61. The number of hydrogen-bond acceptors (Lipinski definition) is 6. The normalized spacial score (nSPS) is 17.1. The van der Waals surface area contributed by atoms with E-state index in [1.807, 2.05) is 52.3 Å². The molecule has 1 aromatic carbocycles. The van der Waals surface area contributed by atoms with Crippen molar-refractivity contribution < 1.29 is 14.4 Å². The number of likely N-dealkylation sites (tertiary alicyclic amines) is 1. The quantitative estimate of drug-likeness (QED) is 0.313. The van der Waals surface area contributed by atoms with Crippen LogP contribution in [0.3, 0.4) is 0 Å². The first-order valence-electron chi connectivity index (χ1n) is 14.5. The van der Waals surface area contributed by atoms with E-state index in [1.54, 1.807) is 16.2 Å². The summed E-state index contributed by atoms with van der Waals surface area (Å²) in [6.07, 6.45) is 3.41. The monoisotopic (exact) mass is 569 g/mol. The van der Waals surface area contributed by atoms with Gasteiger partial charge in [0, 0.05) is 19.0 Å². The summed E-state index contributed by atoms with van der Waals surface area (Å²) in [5, 5.41) is 9.47. The molecule has 0 radical (unpaired) electrons. The maximum absolute atomic E-state index is 13.7. The summed E-state index contributed by atoms with van der Waals surface area (Å²) in [6, 6.07) is 7.15. The van der Waals surface area contributed by atoms with Crippen molar-refractivity contribution in [2.45, 2.75) is 105 Å². The molecule has 1 aliphatic rings. The van der Waals surface area contributed by atoms with E-state index in [0.29, 0.717) is 25.4 Å². The predicted molar refractivity (Wildman–Crippen MR) is 162 cm³/mol. The summed E-state index contributed by atoms with van der Waals surface area (Å²) >= 11 is 1.61. The molecule has 2 aromatic rings. The molecule has 1 saturated heterocycles. The van der Waals surface area contributed by atoms with E-state index in [4.69, 9.17) is 0 Å². The smallest absolute Gasteiger partial charge is 0.246 e. The van der Waals surface area contributed by atoms with Crippen LogP contribution in [0, 0.1) is 12.3 Å². The van der Waals surface area contributed by atoms with Gasteiger partial charge in [-0.2, -0.15) is 0 Å². The van der Waals surface area contributed by atoms with Crippen LogP contribution in [-0.4, -0.2) is 58.8 Å². The second-order valence-corrected chi connectivity index (χ2v) is 13.1. The fraction of sp³-hybridized carbons (Fsp3) is 0.613. The van der Waals surface area contributed by atoms with E-state index >= 15 is 0 Å². The van der Waals surface area contributed by atoms with E-state index in [-0.39, 0.29) is 23.8 Å². The third-order valence-corrected chi connectivity index (χ3v) is 8.39. The van der Waals surface area contributed by atoms with E-state index in [0.717, 1.165) is 47.5 Å². The lowest BCUT2D eigenvalue weighted by molar-refractivity contribution is -0.144. The standard InChI is InChI=1S/C31H47N5O3S/c1-20(2)32-17-9-8-12-26(37)35-28(31(5,6)7)30(39)36-18-10-11-25(36)29(38)34-21(3)23-13-15-24(16-14-23)27-22(4)33-19-40-27/h13-16,19-21,25,28,32H,8-12,17-18H2,1-7H3,(H,34,38)(H,35,37)/t21-,25-,28+/m0/s1. The number of hydrogen-bond donors (Lipinski definition) is 3. The number of benzene rings is 1. The van der Waals surface area contributed by atoms with Crippen molar-refractivity contribution >= 4 is 29.1 Å². The highest BCUT2D eigenvalue weighted by Gasteiger charge is 2.42. The predicted octanol–water partition coefficient (Wildman–Crippen LogP) is 4.99. The Kier molecular flexibility index (Phi) is 11.3. The molecule has 0 aliphatic carbocycles. The van der Waals surface area contributed by atoms with E-state index < -0.39 is 17.5 Å². The van der Waals surface area contributed by atoms with Gasteiger partial charge in [0.25, 0.3) is 0 Å². The van der Waals surface area contributed by atoms with E-state index in [1.165, 1.54) is 0 Å². The SMILES string of the molecule is Cc1ncsc1-c1ccc([C@H](C)NC(=O)[C@@H]2CCCN2C(=O)[C@@H](NC(=O)CCCCNC(C)C)C(C)(C)C)cc1. The number of nitrogens with zero attached hydrogens (tertiary/aromatic N) is 2. The molecular weight excluding hydrogens is 522 g/mol. The van der Waals surface area contributed by atoms with Crippen molar-refractivity contribution in [2.75, 3.05) is 13.1 Å². The molecule has 0 bridgehead atoms. The minimum atomic E-state index is -0.692. The van der Waals surface area contributed by atoms with Crippen molar-refractivity contribution in [1.29, 1.82) is 0 Å². The number of unbranched alkanes of at least 4 members (excludes halogenated alkanes) is 1. The van der Waals surface area contributed by atoms with Crippen molar-refractivity contribution in [3.63, 3.8) is 0 Å². The Bertz CT molecular complexity index is 1140. The fourth-order valence-electron chi connectivity index (χ4n) is 5.05. The molecule has 40 heavy (non-hydrogen) atoms. The topological polar surface area (TPSA) is 103 Å². The van der Waals surface area contributed by atoms with Gasteiger partial charge in [-0.05, 0) is 62.6 Å². The summed E-state index contributed by atoms with van der Waals surface area (Å²) in [7, 11) is 0. The number of aromatic nitrogens is 1. The first-order chi connectivity index (χ1) is 18.9. The molecule has 0 unspecified atom stereocenters. The van der Waals surface area contributed by atoms with Gasteiger partial charge in [-0.3, -0.25) is 14.4 Å². The highest BCUT2D eigenvalue weighted by molar-refractivity contribution is 7.13. The van der Waals surface area contributed by atoms with Gasteiger partial charge in [-0.15, -0.1) is 11.3 Å². The molecule has 3 N–H and O–H groups in total.